The summed E-state index contributed by atoms with van der Waals surface area (Å²) in [5.74, 6) is 0.236. The number of amides is 3. The molecule has 0 bridgehead atoms. The quantitative estimate of drug-likeness (QED) is 0.878. The zero-order chi connectivity index (χ0) is 15.6. The minimum absolute atomic E-state index is 0.00347. The molecule has 3 amide bonds. The SMILES string of the molecule is CC(C)(C)C(=O)NC1CC(c2cccs2)CN(C(N)=O)C1. The first-order chi connectivity index (χ1) is 9.77. The molecular weight excluding hydrogens is 286 g/mol. The maximum atomic E-state index is 12.2. The lowest BCUT2D eigenvalue weighted by Crippen LogP contribution is -2.54. The zero-order valence-electron chi connectivity index (χ0n) is 12.8. The van der Waals surface area contributed by atoms with Crippen LogP contribution in [0.25, 0.3) is 0 Å². The Morgan fingerprint density at radius 1 is 1.38 bits per heavy atom. The van der Waals surface area contributed by atoms with Crippen molar-refractivity contribution >= 4 is 23.3 Å². The topological polar surface area (TPSA) is 75.4 Å². The number of nitrogens with two attached hydrogens (primary N) is 1. The minimum Gasteiger partial charge on any atom is -0.351 e. The van der Waals surface area contributed by atoms with E-state index in [0.29, 0.717) is 13.1 Å². The minimum atomic E-state index is -0.437. The maximum Gasteiger partial charge on any atom is 0.314 e. The summed E-state index contributed by atoms with van der Waals surface area (Å²) in [6, 6.07) is 3.60. The van der Waals surface area contributed by atoms with Crippen molar-refractivity contribution in [3.63, 3.8) is 0 Å². The molecule has 5 nitrogen and oxygen atoms in total. The van der Waals surface area contributed by atoms with Crippen LogP contribution in [0.5, 0.6) is 0 Å². The Morgan fingerprint density at radius 3 is 2.62 bits per heavy atom. The van der Waals surface area contributed by atoms with Crippen molar-refractivity contribution in [2.45, 2.75) is 39.2 Å². The number of urea groups is 1. The lowest BCUT2D eigenvalue weighted by Gasteiger charge is -2.37. The zero-order valence-corrected chi connectivity index (χ0v) is 13.6. The first kappa shape index (κ1) is 15.8. The van der Waals surface area contributed by atoms with Gasteiger partial charge in [-0.2, -0.15) is 0 Å². The monoisotopic (exact) mass is 309 g/mol. The van der Waals surface area contributed by atoms with Gasteiger partial charge in [0, 0.05) is 35.3 Å². The number of thiophene rings is 1. The number of rotatable bonds is 2. The highest BCUT2D eigenvalue weighted by atomic mass is 32.1. The van der Waals surface area contributed by atoms with Crippen LogP contribution in [0.3, 0.4) is 0 Å². The summed E-state index contributed by atoms with van der Waals surface area (Å²) in [5.41, 5.74) is 5.00. The number of carbonyl (C=O) groups is 2. The molecule has 3 N–H and O–H groups in total. The Bertz CT molecular complexity index is 507. The van der Waals surface area contributed by atoms with Crippen LogP contribution in [0.1, 0.15) is 38.0 Å². The summed E-state index contributed by atoms with van der Waals surface area (Å²) < 4.78 is 0. The van der Waals surface area contributed by atoms with Gasteiger partial charge >= 0.3 is 6.03 Å². The second-order valence-corrected chi connectivity index (χ2v) is 7.59. The van der Waals surface area contributed by atoms with Gasteiger partial charge in [-0.25, -0.2) is 4.79 Å². The smallest absolute Gasteiger partial charge is 0.314 e. The molecular formula is C15H23N3O2S. The third kappa shape index (κ3) is 3.97. The van der Waals surface area contributed by atoms with Gasteiger partial charge in [0.25, 0.3) is 0 Å². The van der Waals surface area contributed by atoms with Crippen LogP contribution in [0, 0.1) is 5.41 Å². The molecule has 116 valence electrons. The van der Waals surface area contributed by atoms with Crippen LogP contribution in [0.15, 0.2) is 17.5 Å². The standard InChI is InChI=1S/C15H23N3O2S/c1-15(2,3)13(19)17-11-7-10(12-5-4-6-21-12)8-18(9-11)14(16)20/h4-6,10-11H,7-9H2,1-3H3,(H2,16,20)(H,17,19). The van der Waals surface area contributed by atoms with E-state index in [1.54, 1.807) is 16.2 Å². The van der Waals surface area contributed by atoms with Gasteiger partial charge in [-0.15, -0.1) is 11.3 Å². The molecule has 1 aromatic heterocycles. The van der Waals surface area contributed by atoms with Crippen molar-refractivity contribution < 1.29 is 9.59 Å². The number of primary amides is 1. The second kappa shape index (κ2) is 6.05. The number of carbonyl (C=O) groups excluding carboxylic acids is 2. The number of nitrogens with one attached hydrogen (secondary N) is 1. The Kier molecular flexibility index (Phi) is 4.56. The summed E-state index contributed by atoms with van der Waals surface area (Å²) in [6.45, 7) is 6.76. The van der Waals surface area contributed by atoms with Gasteiger partial charge < -0.3 is 16.0 Å². The van der Waals surface area contributed by atoms with E-state index >= 15 is 0 Å². The first-order valence-electron chi connectivity index (χ1n) is 7.16. The average Bonchev–Trinajstić information content (AvgIpc) is 2.91. The third-order valence-corrected chi connectivity index (χ3v) is 4.76. The fourth-order valence-electron chi connectivity index (χ4n) is 2.52. The highest BCUT2D eigenvalue weighted by Gasteiger charge is 2.33. The molecule has 1 saturated heterocycles. The molecule has 1 aromatic rings. The van der Waals surface area contributed by atoms with Crippen LogP contribution in [-0.2, 0) is 4.79 Å². The number of hydrogen-bond donors (Lipinski definition) is 2. The highest BCUT2D eigenvalue weighted by molar-refractivity contribution is 7.10. The van der Waals surface area contributed by atoms with Crippen molar-refractivity contribution in [2.24, 2.45) is 11.1 Å². The Balaban J connectivity index is 2.10. The summed E-state index contributed by atoms with van der Waals surface area (Å²) in [6.07, 6.45) is 0.839. The van der Waals surface area contributed by atoms with E-state index < -0.39 is 11.4 Å². The van der Waals surface area contributed by atoms with Crippen LogP contribution in [0.2, 0.25) is 0 Å². The highest BCUT2D eigenvalue weighted by Crippen LogP contribution is 2.30. The van der Waals surface area contributed by atoms with E-state index in [1.165, 1.54) is 4.88 Å². The molecule has 1 fully saturated rings. The van der Waals surface area contributed by atoms with Gasteiger partial charge in [-0.05, 0) is 17.9 Å². The molecule has 0 spiro atoms. The summed E-state index contributed by atoms with van der Waals surface area (Å²) in [5, 5.41) is 5.08. The van der Waals surface area contributed by atoms with Crippen LogP contribution in [-0.4, -0.2) is 36.0 Å². The van der Waals surface area contributed by atoms with Crippen molar-refractivity contribution in [3.05, 3.63) is 22.4 Å². The van der Waals surface area contributed by atoms with E-state index in [4.69, 9.17) is 5.73 Å². The fraction of sp³-hybridized carbons (Fsp3) is 0.600. The molecule has 2 unspecified atom stereocenters. The van der Waals surface area contributed by atoms with Gasteiger partial charge in [0.1, 0.15) is 0 Å². The molecule has 6 heteroatoms. The number of piperidine rings is 1. The average molecular weight is 309 g/mol. The number of likely N-dealkylation sites (tertiary alicyclic amines) is 1. The lowest BCUT2D eigenvalue weighted by atomic mass is 9.90. The Labute approximate surface area is 129 Å². The maximum absolute atomic E-state index is 12.2. The van der Waals surface area contributed by atoms with E-state index in [1.807, 2.05) is 32.2 Å². The summed E-state index contributed by atoms with van der Waals surface area (Å²) >= 11 is 1.68. The molecule has 2 heterocycles. The Hall–Kier alpha value is -1.56. The lowest BCUT2D eigenvalue weighted by molar-refractivity contribution is -0.129. The molecule has 0 radical (unpaired) electrons. The summed E-state index contributed by atoms with van der Waals surface area (Å²) in [7, 11) is 0. The predicted octanol–water partition coefficient (Wildman–Crippen LogP) is 2.15. The normalized spacial score (nSPS) is 22.9. The molecule has 1 aliphatic rings. The number of hydrogen-bond acceptors (Lipinski definition) is 3. The largest absolute Gasteiger partial charge is 0.351 e. The van der Waals surface area contributed by atoms with E-state index in [-0.39, 0.29) is 17.9 Å². The van der Waals surface area contributed by atoms with Crippen molar-refractivity contribution in [3.8, 4) is 0 Å². The van der Waals surface area contributed by atoms with Gasteiger partial charge in [-0.1, -0.05) is 26.8 Å². The van der Waals surface area contributed by atoms with E-state index in [2.05, 4.69) is 11.4 Å². The third-order valence-electron chi connectivity index (χ3n) is 3.72. The van der Waals surface area contributed by atoms with Gasteiger partial charge in [0.15, 0.2) is 0 Å². The van der Waals surface area contributed by atoms with Crippen molar-refractivity contribution in [1.29, 1.82) is 0 Å². The van der Waals surface area contributed by atoms with Gasteiger partial charge in [0.2, 0.25) is 5.91 Å². The Morgan fingerprint density at radius 2 is 2.10 bits per heavy atom. The molecule has 1 aliphatic heterocycles. The predicted molar refractivity (Wildman–Crippen MR) is 84.2 cm³/mol. The molecule has 0 aromatic carbocycles. The fourth-order valence-corrected chi connectivity index (χ4v) is 3.35. The summed E-state index contributed by atoms with van der Waals surface area (Å²) in [4.78, 5) is 26.6. The van der Waals surface area contributed by atoms with Crippen molar-refractivity contribution in [2.75, 3.05) is 13.1 Å². The molecule has 0 saturated carbocycles. The van der Waals surface area contributed by atoms with E-state index in [0.717, 1.165) is 6.42 Å². The van der Waals surface area contributed by atoms with Crippen molar-refractivity contribution in [1.82, 2.24) is 10.2 Å². The second-order valence-electron chi connectivity index (χ2n) is 6.61. The molecule has 21 heavy (non-hydrogen) atoms. The van der Waals surface area contributed by atoms with Crippen LogP contribution >= 0.6 is 11.3 Å². The molecule has 0 aliphatic carbocycles. The molecule has 2 atom stereocenters. The molecule has 2 rings (SSSR count). The first-order valence-corrected chi connectivity index (χ1v) is 8.04. The van der Waals surface area contributed by atoms with Gasteiger partial charge in [0.05, 0.1) is 0 Å². The van der Waals surface area contributed by atoms with Crippen LogP contribution < -0.4 is 11.1 Å². The van der Waals surface area contributed by atoms with E-state index in [9.17, 15) is 9.59 Å². The van der Waals surface area contributed by atoms with Gasteiger partial charge in [-0.3, -0.25) is 4.79 Å². The number of nitrogens with zero attached hydrogens (tertiary/aromatic N) is 1. The van der Waals surface area contributed by atoms with Crippen LogP contribution in [0.4, 0.5) is 4.79 Å².